The summed E-state index contributed by atoms with van der Waals surface area (Å²) in [6, 6.07) is 5.14. The maximum Gasteiger partial charge on any atom is 0.416 e. The van der Waals surface area contributed by atoms with Crippen LogP contribution in [0.15, 0.2) is 24.3 Å². The van der Waals surface area contributed by atoms with Crippen molar-refractivity contribution in [3.05, 3.63) is 29.8 Å². The Morgan fingerprint density at radius 1 is 1.10 bits per heavy atom. The van der Waals surface area contributed by atoms with Crippen molar-refractivity contribution < 1.29 is 23.1 Å². The van der Waals surface area contributed by atoms with Crippen LogP contribution in [-0.4, -0.2) is 48.7 Å². The molecule has 116 valence electrons. The van der Waals surface area contributed by atoms with Crippen molar-refractivity contribution in [2.75, 3.05) is 37.6 Å². The molecule has 7 heteroatoms. The van der Waals surface area contributed by atoms with Gasteiger partial charge in [0.25, 0.3) is 0 Å². The summed E-state index contributed by atoms with van der Waals surface area (Å²) >= 11 is 0. The van der Waals surface area contributed by atoms with Crippen LogP contribution in [0.5, 0.6) is 0 Å². The molecule has 1 aliphatic heterocycles. The summed E-state index contributed by atoms with van der Waals surface area (Å²) in [6.45, 7) is 3.31. The molecule has 1 N–H and O–H groups in total. The van der Waals surface area contributed by atoms with Crippen LogP contribution in [0.3, 0.4) is 0 Å². The number of hydrogen-bond donors (Lipinski definition) is 1. The number of rotatable bonds is 4. The van der Waals surface area contributed by atoms with E-state index in [1.165, 1.54) is 12.1 Å². The van der Waals surface area contributed by atoms with Gasteiger partial charge in [-0.05, 0) is 24.3 Å². The first-order valence-electron chi connectivity index (χ1n) is 6.72. The first-order chi connectivity index (χ1) is 9.86. The van der Waals surface area contributed by atoms with Gasteiger partial charge in [0.1, 0.15) is 0 Å². The minimum absolute atomic E-state index is 0.111. The highest BCUT2D eigenvalue weighted by molar-refractivity contribution is 5.66. The molecule has 0 bridgehead atoms. The Bertz CT molecular complexity index is 480. The van der Waals surface area contributed by atoms with E-state index in [4.69, 9.17) is 5.11 Å². The summed E-state index contributed by atoms with van der Waals surface area (Å²) in [5, 5.41) is 8.64. The van der Waals surface area contributed by atoms with Gasteiger partial charge in [-0.25, -0.2) is 0 Å². The lowest BCUT2D eigenvalue weighted by Gasteiger charge is -2.36. The van der Waals surface area contributed by atoms with Gasteiger partial charge in [0.2, 0.25) is 0 Å². The number of halogens is 3. The van der Waals surface area contributed by atoms with Crippen LogP contribution in [0.4, 0.5) is 18.9 Å². The SMILES string of the molecule is O=C(O)CCN1CCN(c2ccc(C(F)(F)F)cc2)CC1. The molecule has 0 unspecified atom stereocenters. The largest absolute Gasteiger partial charge is 0.481 e. The number of piperazine rings is 1. The standard InChI is InChI=1S/C14H17F3N2O2/c15-14(16,17)11-1-3-12(4-2-11)19-9-7-18(8-10-19)6-5-13(20)21/h1-4H,5-10H2,(H,20,21). The molecule has 2 rings (SSSR count). The van der Waals surface area contributed by atoms with Gasteiger partial charge in [-0.2, -0.15) is 13.2 Å². The third-order valence-corrected chi connectivity index (χ3v) is 3.57. The number of carbonyl (C=O) groups is 1. The fourth-order valence-corrected chi connectivity index (χ4v) is 2.34. The van der Waals surface area contributed by atoms with Crippen molar-refractivity contribution in [1.29, 1.82) is 0 Å². The molecule has 1 saturated heterocycles. The third-order valence-electron chi connectivity index (χ3n) is 3.57. The molecule has 0 amide bonds. The topological polar surface area (TPSA) is 43.8 Å². The predicted octanol–water partition coefficient (Wildman–Crippen LogP) is 2.30. The zero-order valence-corrected chi connectivity index (χ0v) is 11.4. The van der Waals surface area contributed by atoms with E-state index in [1.54, 1.807) is 0 Å². The van der Waals surface area contributed by atoms with E-state index in [1.807, 2.05) is 4.90 Å². The Balaban J connectivity index is 1.89. The minimum Gasteiger partial charge on any atom is -0.481 e. The zero-order chi connectivity index (χ0) is 15.5. The number of hydrogen-bond acceptors (Lipinski definition) is 3. The fourth-order valence-electron chi connectivity index (χ4n) is 2.34. The molecule has 0 atom stereocenters. The number of carboxylic acid groups (broad SMARTS) is 1. The number of alkyl halides is 3. The van der Waals surface area contributed by atoms with Crippen molar-refractivity contribution >= 4 is 11.7 Å². The molecule has 0 saturated carbocycles. The van der Waals surface area contributed by atoms with E-state index in [0.717, 1.165) is 17.8 Å². The van der Waals surface area contributed by atoms with Gasteiger partial charge in [-0.1, -0.05) is 0 Å². The first-order valence-corrected chi connectivity index (χ1v) is 6.72. The van der Waals surface area contributed by atoms with E-state index < -0.39 is 17.7 Å². The molecule has 1 aliphatic rings. The van der Waals surface area contributed by atoms with Gasteiger partial charge in [-0.3, -0.25) is 9.69 Å². The molecule has 0 aromatic heterocycles. The van der Waals surface area contributed by atoms with E-state index in [0.29, 0.717) is 32.7 Å². The fraction of sp³-hybridized carbons (Fsp3) is 0.500. The molecule has 0 aliphatic carbocycles. The molecule has 1 heterocycles. The van der Waals surface area contributed by atoms with Gasteiger partial charge in [-0.15, -0.1) is 0 Å². The van der Waals surface area contributed by atoms with Crippen molar-refractivity contribution in [1.82, 2.24) is 4.90 Å². The molecule has 1 fully saturated rings. The normalized spacial score (nSPS) is 17.0. The number of carboxylic acids is 1. The number of anilines is 1. The van der Waals surface area contributed by atoms with Crippen LogP contribution in [0.25, 0.3) is 0 Å². The summed E-state index contributed by atoms with van der Waals surface area (Å²) < 4.78 is 37.5. The van der Waals surface area contributed by atoms with E-state index in [2.05, 4.69) is 4.90 Å². The summed E-state index contributed by atoms with van der Waals surface area (Å²) in [5.41, 5.74) is 0.118. The van der Waals surface area contributed by atoms with Crippen molar-refractivity contribution in [3.63, 3.8) is 0 Å². The van der Waals surface area contributed by atoms with Gasteiger partial charge >= 0.3 is 12.1 Å². The Hall–Kier alpha value is -1.76. The molecular weight excluding hydrogens is 285 g/mol. The quantitative estimate of drug-likeness (QED) is 0.927. The molecule has 1 aromatic carbocycles. The smallest absolute Gasteiger partial charge is 0.416 e. The zero-order valence-electron chi connectivity index (χ0n) is 11.4. The Labute approximate surface area is 120 Å². The van der Waals surface area contributed by atoms with Crippen LogP contribution in [0.2, 0.25) is 0 Å². The second kappa shape index (κ2) is 6.34. The van der Waals surface area contributed by atoms with Crippen molar-refractivity contribution in [2.45, 2.75) is 12.6 Å². The van der Waals surface area contributed by atoms with Crippen molar-refractivity contribution in [3.8, 4) is 0 Å². The van der Waals surface area contributed by atoms with Crippen LogP contribution in [0.1, 0.15) is 12.0 Å². The van der Waals surface area contributed by atoms with E-state index in [-0.39, 0.29) is 6.42 Å². The lowest BCUT2D eigenvalue weighted by atomic mass is 10.1. The van der Waals surface area contributed by atoms with Crippen LogP contribution in [-0.2, 0) is 11.0 Å². The lowest BCUT2D eigenvalue weighted by molar-refractivity contribution is -0.138. The second-order valence-corrected chi connectivity index (χ2v) is 5.02. The number of benzene rings is 1. The molecular formula is C14H17F3N2O2. The van der Waals surface area contributed by atoms with Gasteiger partial charge in [0.05, 0.1) is 12.0 Å². The minimum atomic E-state index is -4.31. The summed E-state index contributed by atoms with van der Waals surface area (Å²) in [7, 11) is 0. The Kier molecular flexibility index (Phi) is 4.72. The van der Waals surface area contributed by atoms with Crippen molar-refractivity contribution in [2.24, 2.45) is 0 Å². The number of nitrogens with zero attached hydrogens (tertiary/aromatic N) is 2. The lowest BCUT2D eigenvalue weighted by Crippen LogP contribution is -2.46. The maximum absolute atomic E-state index is 12.5. The monoisotopic (exact) mass is 302 g/mol. The first kappa shape index (κ1) is 15.6. The Morgan fingerprint density at radius 3 is 2.14 bits per heavy atom. The second-order valence-electron chi connectivity index (χ2n) is 5.02. The van der Waals surface area contributed by atoms with E-state index in [9.17, 15) is 18.0 Å². The summed E-state index contributed by atoms with van der Waals surface area (Å²) in [4.78, 5) is 14.6. The summed E-state index contributed by atoms with van der Waals surface area (Å²) in [5.74, 6) is -0.819. The highest BCUT2D eigenvalue weighted by Crippen LogP contribution is 2.30. The van der Waals surface area contributed by atoms with Gasteiger partial charge in [0.15, 0.2) is 0 Å². The molecule has 0 radical (unpaired) electrons. The maximum atomic E-state index is 12.5. The van der Waals surface area contributed by atoms with Crippen LogP contribution in [0, 0.1) is 0 Å². The molecule has 0 spiro atoms. The van der Waals surface area contributed by atoms with Crippen LogP contribution >= 0.6 is 0 Å². The highest BCUT2D eigenvalue weighted by atomic mass is 19.4. The number of aliphatic carboxylic acids is 1. The third kappa shape index (κ3) is 4.35. The Morgan fingerprint density at radius 2 is 1.67 bits per heavy atom. The predicted molar refractivity (Wildman–Crippen MR) is 72.3 cm³/mol. The van der Waals surface area contributed by atoms with Crippen LogP contribution < -0.4 is 4.90 Å². The van der Waals surface area contributed by atoms with E-state index >= 15 is 0 Å². The summed E-state index contributed by atoms with van der Waals surface area (Å²) in [6.07, 6.45) is -4.20. The molecule has 1 aromatic rings. The average Bonchev–Trinajstić information content (AvgIpc) is 2.45. The highest BCUT2D eigenvalue weighted by Gasteiger charge is 2.30. The average molecular weight is 302 g/mol. The van der Waals surface area contributed by atoms with Gasteiger partial charge < -0.3 is 10.0 Å². The molecule has 21 heavy (non-hydrogen) atoms. The molecule has 4 nitrogen and oxygen atoms in total. The van der Waals surface area contributed by atoms with Gasteiger partial charge in [0, 0.05) is 38.4 Å².